The van der Waals surface area contributed by atoms with Crippen LogP contribution in [0.15, 0.2) is 108 Å². The van der Waals surface area contributed by atoms with Gasteiger partial charge in [0.2, 0.25) is 0 Å². The summed E-state index contributed by atoms with van der Waals surface area (Å²) < 4.78 is 111. The van der Waals surface area contributed by atoms with Gasteiger partial charge in [0.05, 0.1) is 30.2 Å². The van der Waals surface area contributed by atoms with Crippen LogP contribution < -0.4 is 14.2 Å². The fraction of sp³-hybridized carbons (Fsp3) is 0.263. The van der Waals surface area contributed by atoms with Gasteiger partial charge >= 0.3 is 12.7 Å². The zero-order valence-corrected chi connectivity index (χ0v) is 33.5. The van der Waals surface area contributed by atoms with E-state index >= 15 is 0 Å². The lowest BCUT2D eigenvalue weighted by Gasteiger charge is -2.18. The molecule has 4 unspecified atom stereocenters. The molecule has 11 nitrogen and oxygen atoms in total. The van der Waals surface area contributed by atoms with E-state index in [0.29, 0.717) is 27.2 Å². The number of rotatable bonds is 14. The molecule has 308 valence electrons. The van der Waals surface area contributed by atoms with Crippen molar-refractivity contribution in [1.29, 1.82) is 0 Å². The third-order valence-corrected chi connectivity index (χ3v) is 12.3. The average molecular weight is 898 g/mol. The second kappa shape index (κ2) is 15.7. The van der Waals surface area contributed by atoms with Gasteiger partial charge in [-0.15, -0.1) is 26.3 Å². The summed E-state index contributed by atoms with van der Waals surface area (Å²) in [5, 5.41) is 9.14. The molecule has 59 heavy (non-hydrogen) atoms. The first-order valence-corrected chi connectivity index (χ1v) is 20.3. The van der Waals surface area contributed by atoms with Crippen molar-refractivity contribution < 1.29 is 50.0 Å². The number of epoxide rings is 2. The summed E-state index contributed by atoms with van der Waals surface area (Å²) in [6, 6.07) is 22.8. The number of hydrogen-bond donors (Lipinski definition) is 0. The Morgan fingerprint density at radius 2 is 1.15 bits per heavy atom. The Bertz CT molecular complexity index is 2490. The van der Waals surface area contributed by atoms with Gasteiger partial charge in [0, 0.05) is 11.1 Å². The van der Waals surface area contributed by atoms with Crippen molar-refractivity contribution in [1.82, 2.24) is 29.5 Å². The number of methoxy groups -OCH3 is 1. The standard InChI is InChI=1S/C38H28Cl2F6N6O5S2/c1-21-6-3-7-23(16-21)36(32(57-36)26-9-5-11-28(40)30(26)55-38(44,45)46)18-52-34(48-20-50-52)59-58-33-47-19-49-51(33)17-35(22-12-14-24(53-2)15-13-22)31(56-35)25-8-4-10-27(39)29(25)54-37(41,42)43/h3-16,19-20,31-32H,17-18H2,1-2H3. The van der Waals surface area contributed by atoms with E-state index in [9.17, 15) is 26.3 Å². The molecule has 0 bridgehead atoms. The van der Waals surface area contributed by atoms with E-state index in [0.717, 1.165) is 5.56 Å². The summed E-state index contributed by atoms with van der Waals surface area (Å²) in [6.45, 7) is 1.92. The number of nitrogens with zero attached hydrogens (tertiary/aromatic N) is 6. The van der Waals surface area contributed by atoms with Crippen LogP contribution in [-0.2, 0) is 33.8 Å². The second-order valence-electron chi connectivity index (χ2n) is 13.4. The molecule has 2 fully saturated rings. The smallest absolute Gasteiger partial charge is 0.497 e. The molecule has 0 spiro atoms. The summed E-state index contributed by atoms with van der Waals surface area (Å²) >= 11 is 12.4. The highest BCUT2D eigenvalue weighted by atomic mass is 35.5. The minimum Gasteiger partial charge on any atom is -0.497 e. The first-order chi connectivity index (χ1) is 28.1. The Balaban J connectivity index is 1.06. The van der Waals surface area contributed by atoms with Crippen LogP contribution in [0.2, 0.25) is 10.0 Å². The molecule has 4 heterocycles. The van der Waals surface area contributed by atoms with Gasteiger partial charge in [0.25, 0.3) is 0 Å². The summed E-state index contributed by atoms with van der Waals surface area (Å²) in [5.41, 5.74) is -0.0380. The van der Waals surface area contributed by atoms with Crippen molar-refractivity contribution >= 4 is 44.8 Å². The minimum atomic E-state index is -5.02. The third-order valence-electron chi connectivity index (χ3n) is 9.59. The van der Waals surface area contributed by atoms with Gasteiger partial charge < -0.3 is 23.7 Å². The van der Waals surface area contributed by atoms with Crippen molar-refractivity contribution in [2.24, 2.45) is 0 Å². The zero-order chi connectivity index (χ0) is 41.7. The molecule has 6 aromatic rings. The van der Waals surface area contributed by atoms with Crippen LogP contribution in [-0.4, -0.2) is 49.4 Å². The lowest BCUT2D eigenvalue weighted by Crippen LogP contribution is -2.22. The average Bonchev–Trinajstić information content (AvgIpc) is 3.96. The quantitative estimate of drug-likeness (QED) is 0.0591. The predicted molar refractivity (Wildman–Crippen MR) is 203 cm³/mol. The SMILES string of the molecule is COc1ccc(C2(Cn3ncnc3SSc3ncnn3CC3(c4cccc(C)c4)OC3c3cccc(Cl)c3OC(F)(F)F)OC2c2cccc(Cl)c2OC(F)(F)F)cc1. The molecule has 2 aromatic heterocycles. The van der Waals surface area contributed by atoms with Gasteiger partial charge in [-0.25, -0.2) is 19.3 Å². The molecular weight excluding hydrogens is 869 g/mol. The van der Waals surface area contributed by atoms with E-state index in [1.54, 1.807) is 33.6 Å². The number of halogens is 8. The number of para-hydroxylation sites is 2. The zero-order valence-electron chi connectivity index (χ0n) is 30.4. The highest BCUT2D eigenvalue weighted by Gasteiger charge is 2.62. The van der Waals surface area contributed by atoms with Crippen LogP contribution in [0, 0.1) is 6.92 Å². The predicted octanol–water partition coefficient (Wildman–Crippen LogP) is 10.4. The van der Waals surface area contributed by atoms with E-state index in [1.807, 2.05) is 31.2 Å². The first kappa shape index (κ1) is 41.1. The Morgan fingerprint density at radius 3 is 1.61 bits per heavy atom. The van der Waals surface area contributed by atoms with Crippen LogP contribution in [0.1, 0.15) is 40.0 Å². The molecule has 4 atom stereocenters. The van der Waals surface area contributed by atoms with E-state index in [-0.39, 0.29) is 34.3 Å². The summed E-state index contributed by atoms with van der Waals surface area (Å²) in [5.74, 6) is -0.579. The van der Waals surface area contributed by atoms with Crippen molar-refractivity contribution in [2.75, 3.05) is 7.11 Å². The second-order valence-corrected chi connectivity index (χ2v) is 16.2. The largest absolute Gasteiger partial charge is 0.573 e. The van der Waals surface area contributed by atoms with E-state index in [4.69, 9.17) is 37.4 Å². The van der Waals surface area contributed by atoms with Gasteiger partial charge in [-0.2, -0.15) is 10.2 Å². The number of aromatic nitrogens is 6. The lowest BCUT2D eigenvalue weighted by molar-refractivity contribution is -0.275. The summed E-state index contributed by atoms with van der Waals surface area (Å²) in [6.07, 6.45) is -9.20. The molecule has 2 aliphatic heterocycles. The van der Waals surface area contributed by atoms with Crippen molar-refractivity contribution in [3.05, 3.63) is 135 Å². The summed E-state index contributed by atoms with van der Waals surface area (Å²) in [4.78, 5) is 8.85. The Labute approximate surface area is 349 Å². The lowest BCUT2D eigenvalue weighted by atomic mass is 9.90. The minimum absolute atomic E-state index is 0.00546. The maximum absolute atomic E-state index is 13.5. The van der Waals surface area contributed by atoms with Gasteiger partial charge in [-0.05, 0) is 63.9 Å². The number of alkyl halides is 6. The Kier molecular flexibility index (Phi) is 11.0. The molecule has 0 N–H and O–H groups in total. The van der Waals surface area contributed by atoms with Crippen molar-refractivity contribution in [3.8, 4) is 17.2 Å². The highest BCUT2D eigenvalue weighted by molar-refractivity contribution is 8.76. The normalized spacial score (nSPS) is 21.3. The number of aryl methyl sites for hydroxylation is 1. The van der Waals surface area contributed by atoms with E-state index < -0.39 is 47.6 Å². The van der Waals surface area contributed by atoms with Crippen molar-refractivity contribution in [3.63, 3.8) is 0 Å². The Hall–Kier alpha value is -4.66. The van der Waals surface area contributed by atoms with Crippen LogP contribution in [0.5, 0.6) is 17.2 Å². The van der Waals surface area contributed by atoms with Gasteiger partial charge in [0.15, 0.2) is 21.8 Å². The Morgan fingerprint density at radius 1 is 0.678 bits per heavy atom. The number of ether oxygens (including phenoxy) is 5. The number of benzene rings is 4. The van der Waals surface area contributed by atoms with Crippen LogP contribution >= 0.6 is 44.8 Å². The maximum Gasteiger partial charge on any atom is 0.573 e. The monoisotopic (exact) mass is 896 g/mol. The fourth-order valence-electron chi connectivity index (χ4n) is 6.91. The molecule has 0 aliphatic carbocycles. The van der Waals surface area contributed by atoms with Gasteiger partial charge in [-0.1, -0.05) is 89.4 Å². The molecule has 0 amide bonds. The molecule has 21 heteroatoms. The molecule has 2 aliphatic rings. The van der Waals surface area contributed by atoms with E-state index in [2.05, 4.69) is 29.6 Å². The molecule has 0 saturated carbocycles. The summed E-state index contributed by atoms with van der Waals surface area (Å²) in [7, 11) is 3.84. The third kappa shape index (κ3) is 8.54. The molecule has 2 saturated heterocycles. The first-order valence-electron chi connectivity index (χ1n) is 17.3. The topological polar surface area (TPSA) is 114 Å². The highest BCUT2D eigenvalue weighted by Crippen LogP contribution is 2.62. The molecular formula is C38H28Cl2F6N6O5S2. The van der Waals surface area contributed by atoms with Crippen LogP contribution in [0.4, 0.5) is 26.3 Å². The van der Waals surface area contributed by atoms with Crippen molar-refractivity contribution in [2.45, 2.75) is 66.5 Å². The molecule has 8 rings (SSSR count). The fourth-order valence-corrected chi connectivity index (χ4v) is 9.30. The molecule has 0 radical (unpaired) electrons. The van der Waals surface area contributed by atoms with Gasteiger partial charge in [0.1, 0.15) is 41.8 Å². The van der Waals surface area contributed by atoms with Crippen LogP contribution in [0.3, 0.4) is 0 Å². The number of hydrogen-bond acceptors (Lipinski definition) is 11. The van der Waals surface area contributed by atoms with E-state index in [1.165, 1.54) is 77.8 Å². The molecule has 4 aromatic carbocycles. The van der Waals surface area contributed by atoms with Crippen LogP contribution in [0.25, 0.3) is 0 Å². The van der Waals surface area contributed by atoms with Gasteiger partial charge in [-0.3, -0.25) is 0 Å². The maximum atomic E-state index is 13.5.